The van der Waals surface area contributed by atoms with Crippen molar-refractivity contribution in [3.63, 3.8) is 0 Å². The molecule has 0 radical (unpaired) electrons. The summed E-state index contributed by atoms with van der Waals surface area (Å²) in [5.74, 6) is -0.570. The Balaban J connectivity index is 1.20. The normalized spacial score (nSPS) is 26.3. The number of hydrogen-bond donors (Lipinski definition) is 2. The van der Waals surface area contributed by atoms with Gasteiger partial charge in [-0.1, -0.05) is 11.6 Å². The molecule has 2 aliphatic rings. The molecule has 1 aromatic carbocycles. The summed E-state index contributed by atoms with van der Waals surface area (Å²) in [5, 5.41) is 6.73. The van der Waals surface area contributed by atoms with Crippen LogP contribution in [-0.2, 0) is 9.53 Å². The average molecular weight is 476 g/mol. The van der Waals surface area contributed by atoms with Crippen LogP contribution in [0.2, 0.25) is 5.02 Å². The van der Waals surface area contributed by atoms with Crippen molar-refractivity contribution in [1.82, 2.24) is 15.6 Å². The maximum Gasteiger partial charge on any atom is 0.522 e. The fraction of sp³-hybridized carbons (Fsp3) is 0.550. The third-order valence-electron chi connectivity index (χ3n) is 5.72. The topological polar surface area (TPSA) is 80.3 Å². The molecule has 0 spiro atoms. The van der Waals surface area contributed by atoms with Gasteiger partial charge in [0, 0.05) is 23.0 Å². The Bertz CT molecular complexity index is 969. The molecule has 0 atom stereocenters. The van der Waals surface area contributed by atoms with Crippen LogP contribution in [0.4, 0.5) is 13.2 Å². The van der Waals surface area contributed by atoms with E-state index in [4.69, 9.17) is 11.6 Å². The van der Waals surface area contributed by atoms with E-state index >= 15 is 0 Å². The molecule has 0 unspecified atom stereocenters. The number of alkyl halides is 3. The molecule has 168 valence electrons. The molecule has 2 N–H and O–H groups in total. The highest BCUT2D eigenvalue weighted by Gasteiger charge is 2.41. The average Bonchev–Trinajstić information content (AvgIpc) is 3.09. The van der Waals surface area contributed by atoms with Gasteiger partial charge in [-0.25, -0.2) is 4.98 Å². The molecule has 6 nitrogen and oxygen atoms in total. The van der Waals surface area contributed by atoms with Crippen LogP contribution in [0.1, 0.15) is 48.3 Å². The molecule has 0 saturated heterocycles. The van der Waals surface area contributed by atoms with E-state index in [1.807, 2.05) is 6.07 Å². The van der Waals surface area contributed by atoms with E-state index in [1.54, 1.807) is 12.1 Å². The van der Waals surface area contributed by atoms with E-state index in [9.17, 15) is 22.8 Å². The fourth-order valence-corrected chi connectivity index (χ4v) is 5.05. The van der Waals surface area contributed by atoms with E-state index < -0.39 is 12.5 Å². The first-order valence-corrected chi connectivity index (χ1v) is 11.3. The Morgan fingerprint density at radius 3 is 2.48 bits per heavy atom. The molecule has 1 aromatic heterocycles. The lowest BCUT2D eigenvalue weighted by molar-refractivity contribution is -0.351. The quantitative estimate of drug-likeness (QED) is 0.670. The fourth-order valence-electron chi connectivity index (χ4n) is 4.03. The van der Waals surface area contributed by atoms with Gasteiger partial charge in [-0.3, -0.25) is 14.3 Å². The number of fused-ring (bicyclic) bond motifs is 1. The lowest BCUT2D eigenvalue weighted by Crippen LogP contribution is -2.51. The second-order valence-corrected chi connectivity index (χ2v) is 9.48. The van der Waals surface area contributed by atoms with Crippen molar-refractivity contribution in [2.24, 2.45) is 5.92 Å². The second-order valence-electron chi connectivity index (χ2n) is 8.02. The zero-order valence-electron chi connectivity index (χ0n) is 16.4. The summed E-state index contributed by atoms with van der Waals surface area (Å²) in [5.41, 5.74) is 0.682. The minimum absolute atomic E-state index is 0.0413. The van der Waals surface area contributed by atoms with Crippen LogP contribution in [0, 0.1) is 5.92 Å². The molecule has 31 heavy (non-hydrogen) atoms. The first-order chi connectivity index (χ1) is 14.7. The summed E-state index contributed by atoms with van der Waals surface area (Å²) in [6.45, 7) is 0. The summed E-state index contributed by atoms with van der Waals surface area (Å²) in [6.07, 6.45) is -2.64. The van der Waals surface area contributed by atoms with Gasteiger partial charge in [-0.2, -0.15) is 0 Å². The number of rotatable bonds is 5. The monoisotopic (exact) mass is 475 g/mol. The molecule has 1 heterocycles. The van der Waals surface area contributed by atoms with Gasteiger partial charge in [0.15, 0.2) is 5.01 Å². The molecule has 2 fully saturated rings. The molecule has 11 heteroatoms. The van der Waals surface area contributed by atoms with Gasteiger partial charge >= 0.3 is 6.36 Å². The molecule has 0 bridgehead atoms. The highest BCUT2D eigenvalue weighted by atomic mass is 35.5. The largest absolute Gasteiger partial charge is 0.522 e. The number of nitrogens with zero attached hydrogens (tertiary/aromatic N) is 1. The van der Waals surface area contributed by atoms with Crippen LogP contribution < -0.4 is 10.6 Å². The maximum atomic E-state index is 12.5. The number of halogens is 4. The zero-order chi connectivity index (χ0) is 22.2. The van der Waals surface area contributed by atoms with E-state index in [-0.39, 0.29) is 42.7 Å². The molecule has 2 amide bonds. The van der Waals surface area contributed by atoms with Gasteiger partial charge in [-0.05, 0) is 56.7 Å². The number of thiazole rings is 1. The molecule has 2 aromatic rings. The summed E-state index contributed by atoms with van der Waals surface area (Å²) >= 11 is 7.26. The Morgan fingerprint density at radius 2 is 1.81 bits per heavy atom. The molecule has 4 rings (SSSR count). The highest BCUT2D eigenvalue weighted by molar-refractivity contribution is 7.20. The van der Waals surface area contributed by atoms with Crippen LogP contribution >= 0.6 is 22.9 Å². The predicted octanol–water partition coefficient (Wildman–Crippen LogP) is 4.42. The van der Waals surface area contributed by atoms with Gasteiger partial charge in [0.1, 0.15) is 0 Å². The van der Waals surface area contributed by atoms with E-state index in [1.165, 1.54) is 11.3 Å². The SMILES string of the molecule is O=C(N[C@H]1CC[C@H](C(=O)N[C@H]2C[C@@H](OC(F)(F)F)C2)CC1)c1nc2cc(Cl)ccc2s1. The van der Waals surface area contributed by atoms with Gasteiger partial charge in [0.2, 0.25) is 5.91 Å². The minimum atomic E-state index is -4.64. The number of amides is 2. The first-order valence-electron chi connectivity index (χ1n) is 10.1. The van der Waals surface area contributed by atoms with Crippen molar-refractivity contribution in [2.75, 3.05) is 0 Å². The minimum Gasteiger partial charge on any atom is -0.353 e. The van der Waals surface area contributed by atoms with Gasteiger partial charge in [0.05, 0.1) is 16.3 Å². The number of benzene rings is 1. The Hall–Kier alpha value is -1.91. The van der Waals surface area contributed by atoms with Gasteiger partial charge < -0.3 is 10.6 Å². The van der Waals surface area contributed by atoms with Gasteiger partial charge in [0.25, 0.3) is 5.91 Å². The zero-order valence-corrected chi connectivity index (χ0v) is 17.9. The van der Waals surface area contributed by atoms with E-state index in [0.717, 1.165) is 4.70 Å². The van der Waals surface area contributed by atoms with Crippen LogP contribution in [0.15, 0.2) is 18.2 Å². The van der Waals surface area contributed by atoms with E-state index in [2.05, 4.69) is 20.4 Å². The first kappa shape index (κ1) is 22.3. The summed E-state index contributed by atoms with van der Waals surface area (Å²) < 4.78 is 41.3. The standard InChI is InChI=1S/C20H21ClF3N3O3S/c21-11-3-6-16-15(7-11)27-19(31-16)18(29)25-12-4-1-10(2-5-12)17(28)26-13-8-14(9-13)30-20(22,23)24/h3,6-7,10,12-14H,1-2,4-5,8-9H2,(H,25,29)(H,26,28)/t10-,12-,13-,14+. The van der Waals surface area contributed by atoms with E-state index in [0.29, 0.717) is 41.2 Å². The van der Waals surface area contributed by atoms with Crippen LogP contribution in [0.25, 0.3) is 10.2 Å². The number of aromatic nitrogens is 1. The van der Waals surface area contributed by atoms with Crippen molar-refractivity contribution in [1.29, 1.82) is 0 Å². The second kappa shape index (κ2) is 8.91. The third kappa shape index (κ3) is 5.67. The smallest absolute Gasteiger partial charge is 0.353 e. The molecule has 2 saturated carbocycles. The summed E-state index contributed by atoms with van der Waals surface area (Å²) in [6, 6.07) is 4.98. The molecule has 0 aliphatic heterocycles. The van der Waals surface area contributed by atoms with Crippen molar-refractivity contribution >= 4 is 45.0 Å². The number of ether oxygens (including phenoxy) is 1. The molecular formula is C20H21ClF3N3O3S. The highest BCUT2D eigenvalue weighted by Crippen LogP contribution is 2.32. The predicted molar refractivity (Wildman–Crippen MR) is 110 cm³/mol. The van der Waals surface area contributed by atoms with Crippen LogP contribution in [0.3, 0.4) is 0 Å². The Morgan fingerprint density at radius 1 is 1.10 bits per heavy atom. The number of hydrogen-bond acceptors (Lipinski definition) is 5. The van der Waals surface area contributed by atoms with Gasteiger partial charge in [-0.15, -0.1) is 24.5 Å². The molecule has 2 aliphatic carbocycles. The Labute approximate surface area is 185 Å². The number of carbonyl (C=O) groups excluding carboxylic acids is 2. The van der Waals surface area contributed by atoms with Crippen molar-refractivity contribution in [2.45, 2.75) is 63.1 Å². The van der Waals surface area contributed by atoms with Crippen molar-refractivity contribution < 1.29 is 27.5 Å². The summed E-state index contributed by atoms with van der Waals surface area (Å²) in [4.78, 5) is 29.3. The Kier molecular flexibility index (Phi) is 6.41. The summed E-state index contributed by atoms with van der Waals surface area (Å²) in [7, 11) is 0. The maximum absolute atomic E-state index is 12.5. The van der Waals surface area contributed by atoms with Crippen LogP contribution in [-0.4, -0.2) is 41.3 Å². The van der Waals surface area contributed by atoms with Crippen molar-refractivity contribution in [3.05, 3.63) is 28.2 Å². The van der Waals surface area contributed by atoms with Crippen LogP contribution in [0.5, 0.6) is 0 Å². The third-order valence-corrected chi connectivity index (χ3v) is 6.99. The lowest BCUT2D eigenvalue weighted by Gasteiger charge is -2.37. The lowest BCUT2D eigenvalue weighted by atomic mass is 9.84. The molecular weight excluding hydrogens is 455 g/mol. The van der Waals surface area contributed by atoms with Crippen molar-refractivity contribution in [3.8, 4) is 0 Å². The number of carbonyl (C=O) groups is 2. The number of nitrogens with one attached hydrogen (secondary N) is 2.